The SMILES string of the molecule is CCOc1cc2nc(CC)c(C#N)c(Nc3ccc4nn(Cc5ccncc5)cc4c3)c2cc1NC(=O)/C=C/CN(C)C. The van der Waals surface area contributed by atoms with Gasteiger partial charge in [-0.1, -0.05) is 13.0 Å². The Morgan fingerprint density at radius 1 is 1.12 bits per heavy atom. The van der Waals surface area contributed by atoms with Gasteiger partial charge in [-0.15, -0.1) is 0 Å². The highest BCUT2D eigenvalue weighted by molar-refractivity contribution is 6.05. The Kier molecular flexibility index (Phi) is 8.93. The Balaban J connectivity index is 1.54. The first-order valence-corrected chi connectivity index (χ1v) is 14.2. The number of anilines is 3. The van der Waals surface area contributed by atoms with Crippen molar-refractivity contribution in [3.8, 4) is 11.8 Å². The Morgan fingerprint density at radius 3 is 2.65 bits per heavy atom. The molecular formula is C33H34N8O2. The highest BCUT2D eigenvalue weighted by Gasteiger charge is 2.18. The summed E-state index contributed by atoms with van der Waals surface area (Å²) in [5.74, 6) is 0.238. The van der Waals surface area contributed by atoms with Crippen LogP contribution in [0, 0.1) is 11.3 Å². The number of ether oxygens (including phenoxy) is 1. The normalized spacial score (nSPS) is 11.3. The molecule has 10 heteroatoms. The van der Waals surface area contributed by atoms with Gasteiger partial charge in [-0.2, -0.15) is 10.4 Å². The summed E-state index contributed by atoms with van der Waals surface area (Å²) in [5, 5.41) is 23.0. The molecule has 0 unspecified atom stereocenters. The van der Waals surface area contributed by atoms with Crippen LogP contribution in [0.25, 0.3) is 21.8 Å². The first-order chi connectivity index (χ1) is 20.9. The van der Waals surface area contributed by atoms with Crippen LogP contribution in [-0.2, 0) is 17.8 Å². The minimum atomic E-state index is -0.274. The second-order valence-corrected chi connectivity index (χ2v) is 10.3. The largest absolute Gasteiger partial charge is 0.492 e. The first-order valence-electron chi connectivity index (χ1n) is 14.2. The van der Waals surface area contributed by atoms with Crippen molar-refractivity contribution in [2.75, 3.05) is 37.9 Å². The third-order valence-electron chi connectivity index (χ3n) is 6.82. The molecule has 0 bridgehead atoms. The number of nitriles is 1. The Hall–Kier alpha value is -5.27. The molecule has 0 saturated carbocycles. The second kappa shape index (κ2) is 13.1. The summed E-state index contributed by atoms with van der Waals surface area (Å²) in [7, 11) is 3.87. The third-order valence-corrected chi connectivity index (χ3v) is 6.82. The monoisotopic (exact) mass is 574 g/mol. The van der Waals surface area contributed by atoms with Crippen LogP contribution in [-0.4, -0.2) is 57.8 Å². The maximum absolute atomic E-state index is 12.8. The van der Waals surface area contributed by atoms with Crippen molar-refractivity contribution in [1.29, 1.82) is 5.26 Å². The van der Waals surface area contributed by atoms with Crippen LogP contribution in [0.4, 0.5) is 17.1 Å². The van der Waals surface area contributed by atoms with Gasteiger partial charge in [0, 0.05) is 53.7 Å². The quantitative estimate of drug-likeness (QED) is 0.194. The molecule has 43 heavy (non-hydrogen) atoms. The lowest BCUT2D eigenvalue weighted by molar-refractivity contribution is -0.111. The first kappa shape index (κ1) is 29.2. The molecule has 1 amide bonds. The molecule has 0 radical (unpaired) electrons. The lowest BCUT2D eigenvalue weighted by Gasteiger charge is -2.17. The molecule has 5 rings (SSSR count). The second-order valence-electron chi connectivity index (χ2n) is 10.3. The molecule has 0 fully saturated rings. The summed E-state index contributed by atoms with van der Waals surface area (Å²) >= 11 is 0. The number of rotatable bonds is 11. The molecule has 0 saturated heterocycles. The molecule has 2 N–H and O–H groups in total. The number of nitrogens with zero attached hydrogens (tertiary/aromatic N) is 6. The lowest BCUT2D eigenvalue weighted by Crippen LogP contribution is -2.13. The van der Waals surface area contributed by atoms with E-state index in [1.807, 2.05) is 86.2 Å². The predicted octanol–water partition coefficient (Wildman–Crippen LogP) is 5.66. The van der Waals surface area contributed by atoms with Crippen LogP contribution in [0.2, 0.25) is 0 Å². The van der Waals surface area contributed by atoms with E-state index < -0.39 is 0 Å². The summed E-state index contributed by atoms with van der Waals surface area (Å²) < 4.78 is 7.79. The highest BCUT2D eigenvalue weighted by atomic mass is 16.5. The number of carbonyl (C=O) groups is 1. The van der Waals surface area contributed by atoms with E-state index >= 15 is 0 Å². The lowest BCUT2D eigenvalue weighted by atomic mass is 10.0. The Morgan fingerprint density at radius 2 is 1.93 bits per heavy atom. The average molecular weight is 575 g/mol. The van der Waals surface area contributed by atoms with E-state index in [2.05, 4.69) is 21.7 Å². The Labute approximate surface area is 250 Å². The van der Waals surface area contributed by atoms with Gasteiger partial charge in [0.15, 0.2) is 0 Å². The van der Waals surface area contributed by atoms with Crippen LogP contribution in [0.1, 0.15) is 30.7 Å². The van der Waals surface area contributed by atoms with E-state index in [0.717, 1.165) is 22.2 Å². The van der Waals surface area contributed by atoms with Crippen molar-refractivity contribution in [3.05, 3.63) is 90.0 Å². The summed E-state index contributed by atoms with van der Waals surface area (Å²) in [6.45, 7) is 5.55. The molecule has 10 nitrogen and oxygen atoms in total. The summed E-state index contributed by atoms with van der Waals surface area (Å²) in [6.07, 6.45) is 9.41. The number of hydrogen-bond donors (Lipinski definition) is 2. The maximum atomic E-state index is 12.8. The zero-order valence-corrected chi connectivity index (χ0v) is 24.8. The summed E-state index contributed by atoms with van der Waals surface area (Å²) in [5.41, 5.74) is 5.68. The number of hydrogen-bond acceptors (Lipinski definition) is 8. The van der Waals surface area contributed by atoms with Gasteiger partial charge in [0.05, 0.1) is 46.8 Å². The number of carbonyl (C=O) groups excluding carboxylic acids is 1. The number of likely N-dealkylation sites (N-methyl/N-ethyl adjacent to an activating group) is 1. The molecule has 2 aromatic carbocycles. The predicted molar refractivity (Wildman–Crippen MR) is 170 cm³/mol. The van der Waals surface area contributed by atoms with E-state index in [1.165, 1.54) is 6.08 Å². The van der Waals surface area contributed by atoms with Crippen LogP contribution in [0.5, 0.6) is 5.75 Å². The molecule has 5 aromatic rings. The van der Waals surface area contributed by atoms with Crippen molar-refractivity contribution < 1.29 is 9.53 Å². The van der Waals surface area contributed by atoms with E-state index in [1.54, 1.807) is 18.5 Å². The van der Waals surface area contributed by atoms with Crippen molar-refractivity contribution >= 4 is 44.8 Å². The molecule has 0 aliphatic rings. The van der Waals surface area contributed by atoms with Gasteiger partial charge in [-0.3, -0.25) is 19.4 Å². The highest BCUT2D eigenvalue weighted by Crippen LogP contribution is 2.38. The van der Waals surface area contributed by atoms with E-state index in [-0.39, 0.29) is 5.91 Å². The smallest absolute Gasteiger partial charge is 0.248 e. The van der Waals surface area contributed by atoms with Crippen LogP contribution in [0.15, 0.2) is 73.2 Å². The van der Waals surface area contributed by atoms with Gasteiger partial charge in [0.1, 0.15) is 11.8 Å². The number of amides is 1. The third kappa shape index (κ3) is 6.80. The summed E-state index contributed by atoms with van der Waals surface area (Å²) in [6, 6.07) is 15.8. The minimum Gasteiger partial charge on any atom is -0.492 e. The maximum Gasteiger partial charge on any atom is 0.248 e. The Bertz CT molecular complexity index is 1840. The number of pyridine rings is 2. The fourth-order valence-electron chi connectivity index (χ4n) is 4.82. The molecule has 0 aliphatic carbocycles. The number of aromatic nitrogens is 4. The molecular weight excluding hydrogens is 540 g/mol. The van der Waals surface area contributed by atoms with E-state index in [9.17, 15) is 10.1 Å². The number of benzene rings is 2. The zero-order chi connectivity index (χ0) is 30.3. The molecule has 0 atom stereocenters. The summed E-state index contributed by atoms with van der Waals surface area (Å²) in [4.78, 5) is 23.6. The topological polar surface area (TPSA) is 121 Å². The number of aryl methyl sites for hydroxylation is 1. The number of nitrogens with one attached hydrogen (secondary N) is 2. The van der Waals surface area contributed by atoms with Crippen LogP contribution in [0.3, 0.4) is 0 Å². The molecule has 3 aromatic heterocycles. The van der Waals surface area contributed by atoms with E-state index in [0.29, 0.717) is 65.4 Å². The van der Waals surface area contributed by atoms with Gasteiger partial charge in [-0.25, -0.2) is 0 Å². The van der Waals surface area contributed by atoms with Crippen molar-refractivity contribution in [1.82, 2.24) is 24.6 Å². The minimum absolute atomic E-state index is 0.274. The van der Waals surface area contributed by atoms with Gasteiger partial charge >= 0.3 is 0 Å². The number of fused-ring (bicyclic) bond motifs is 2. The van der Waals surface area contributed by atoms with Crippen molar-refractivity contribution in [2.45, 2.75) is 26.8 Å². The van der Waals surface area contributed by atoms with Gasteiger partial charge < -0.3 is 20.3 Å². The molecule has 0 aliphatic heterocycles. The van der Waals surface area contributed by atoms with Crippen molar-refractivity contribution in [3.63, 3.8) is 0 Å². The molecule has 0 spiro atoms. The average Bonchev–Trinajstić information content (AvgIpc) is 3.39. The molecule has 218 valence electrons. The fraction of sp³-hybridized carbons (Fsp3) is 0.242. The fourth-order valence-corrected chi connectivity index (χ4v) is 4.82. The van der Waals surface area contributed by atoms with Gasteiger partial charge in [0.25, 0.3) is 0 Å². The van der Waals surface area contributed by atoms with Gasteiger partial charge in [0.2, 0.25) is 5.91 Å². The molecule has 3 heterocycles. The van der Waals surface area contributed by atoms with Crippen LogP contribution < -0.4 is 15.4 Å². The van der Waals surface area contributed by atoms with Crippen LogP contribution >= 0.6 is 0 Å². The van der Waals surface area contributed by atoms with Gasteiger partial charge in [-0.05, 0) is 69.4 Å². The standard InChI is InChI=1S/C33H34N8O2/c1-5-27-26(19-34)33(36-24-9-10-28-23(16-24)21-41(39-28)20-22-11-13-35-14-12-22)25-17-30(31(43-6-2)18-29(25)37-27)38-32(42)8-7-15-40(3)4/h7-14,16-18,21H,5-6,15,20H2,1-4H3,(H,36,37)(H,38,42)/b8-7+. The van der Waals surface area contributed by atoms with E-state index in [4.69, 9.17) is 14.8 Å². The van der Waals surface area contributed by atoms with Crippen molar-refractivity contribution in [2.24, 2.45) is 0 Å². The zero-order valence-electron chi connectivity index (χ0n) is 24.8.